The van der Waals surface area contributed by atoms with Crippen LogP contribution < -0.4 is 11.1 Å². The van der Waals surface area contributed by atoms with Crippen LogP contribution in [0.5, 0.6) is 0 Å². The molecule has 2 aliphatic rings. The van der Waals surface area contributed by atoms with Gasteiger partial charge in [0.2, 0.25) is 5.88 Å². The molecule has 0 unspecified atom stereocenters. The minimum Gasteiger partial charge on any atom is -0.435 e. The van der Waals surface area contributed by atoms with Gasteiger partial charge in [0, 0.05) is 18.5 Å². The largest absolute Gasteiger partial charge is 0.435 e. The molecule has 0 saturated carbocycles. The number of hydrogen-bond acceptors (Lipinski definition) is 4. The number of ether oxygens (including phenoxy) is 1. The first-order valence-electron chi connectivity index (χ1n) is 3.79. The summed E-state index contributed by atoms with van der Waals surface area (Å²) in [5.74, 6) is 0.0461. The Kier molecular flexibility index (Phi) is 1.49. The molecule has 0 aromatic carbocycles. The van der Waals surface area contributed by atoms with E-state index in [9.17, 15) is 4.79 Å². The second kappa shape index (κ2) is 2.52. The summed E-state index contributed by atoms with van der Waals surface area (Å²) in [5.41, 5.74) is 6.61. The van der Waals surface area contributed by atoms with Crippen LogP contribution in [0.2, 0.25) is 0 Å². The Morgan fingerprint density at radius 2 is 2.38 bits per heavy atom. The second-order valence-electron chi connectivity index (χ2n) is 2.85. The molecule has 0 saturated heterocycles. The molecule has 0 atom stereocenters. The molecule has 2 rings (SSSR count). The van der Waals surface area contributed by atoms with Gasteiger partial charge in [-0.3, -0.25) is 4.79 Å². The number of rotatable bonds is 0. The fourth-order valence-electron chi connectivity index (χ4n) is 1.34. The van der Waals surface area contributed by atoms with Crippen molar-refractivity contribution in [3.05, 3.63) is 22.8 Å². The summed E-state index contributed by atoms with van der Waals surface area (Å²) in [6, 6.07) is 1.94. The lowest BCUT2D eigenvalue weighted by molar-refractivity contribution is -0.119. The third-order valence-electron chi connectivity index (χ3n) is 2.02. The smallest absolute Gasteiger partial charge is 0.287 e. The standard InChI is InChI=1S/C8H7N3O2/c9-2-4-1-5-3-11-8(12)6(5)13-7(4)10/h1,3,10H2,(H,11,12). The van der Waals surface area contributed by atoms with Crippen LogP contribution in [0.25, 0.3) is 0 Å². The van der Waals surface area contributed by atoms with E-state index in [4.69, 9.17) is 15.7 Å². The minimum absolute atomic E-state index is 0.0401. The summed E-state index contributed by atoms with van der Waals surface area (Å²) >= 11 is 0. The molecule has 5 nitrogen and oxygen atoms in total. The number of nitrogens with two attached hydrogens (primary N) is 1. The van der Waals surface area contributed by atoms with Crippen LogP contribution in [-0.4, -0.2) is 12.5 Å². The first-order chi connectivity index (χ1) is 6.22. The predicted octanol–water partition coefficient (Wildman–Crippen LogP) is -0.516. The van der Waals surface area contributed by atoms with Gasteiger partial charge in [-0.2, -0.15) is 5.26 Å². The first-order valence-corrected chi connectivity index (χ1v) is 3.79. The lowest BCUT2D eigenvalue weighted by atomic mass is 10.1. The topological polar surface area (TPSA) is 88.1 Å². The Morgan fingerprint density at radius 1 is 1.62 bits per heavy atom. The first kappa shape index (κ1) is 7.68. The van der Waals surface area contributed by atoms with Crippen molar-refractivity contribution in [2.24, 2.45) is 5.73 Å². The highest BCUT2D eigenvalue weighted by molar-refractivity contribution is 5.95. The molecule has 5 heteroatoms. The van der Waals surface area contributed by atoms with E-state index in [0.717, 1.165) is 5.57 Å². The molecule has 0 spiro atoms. The molecule has 1 amide bonds. The molecular weight excluding hydrogens is 170 g/mol. The lowest BCUT2D eigenvalue weighted by Gasteiger charge is -2.13. The van der Waals surface area contributed by atoms with E-state index in [0.29, 0.717) is 18.5 Å². The van der Waals surface area contributed by atoms with Gasteiger partial charge in [0.1, 0.15) is 6.07 Å². The molecule has 0 aliphatic carbocycles. The van der Waals surface area contributed by atoms with Crippen molar-refractivity contribution in [2.45, 2.75) is 6.42 Å². The van der Waals surface area contributed by atoms with Crippen molar-refractivity contribution in [3.8, 4) is 6.07 Å². The van der Waals surface area contributed by atoms with E-state index in [1.165, 1.54) is 0 Å². The molecular formula is C8H7N3O2. The van der Waals surface area contributed by atoms with Crippen LogP contribution in [0.4, 0.5) is 0 Å². The van der Waals surface area contributed by atoms with E-state index in [-0.39, 0.29) is 17.5 Å². The van der Waals surface area contributed by atoms with Gasteiger partial charge in [0.25, 0.3) is 5.91 Å². The average Bonchev–Trinajstić information content (AvgIpc) is 2.47. The van der Waals surface area contributed by atoms with Crippen molar-refractivity contribution in [3.63, 3.8) is 0 Å². The number of amides is 1. The number of allylic oxidation sites excluding steroid dienone is 1. The van der Waals surface area contributed by atoms with Crippen LogP contribution in [-0.2, 0) is 9.53 Å². The van der Waals surface area contributed by atoms with Gasteiger partial charge in [-0.1, -0.05) is 0 Å². The van der Waals surface area contributed by atoms with Crippen LogP contribution >= 0.6 is 0 Å². The van der Waals surface area contributed by atoms with E-state index < -0.39 is 0 Å². The average molecular weight is 177 g/mol. The van der Waals surface area contributed by atoms with Crippen molar-refractivity contribution >= 4 is 5.91 Å². The fourth-order valence-corrected chi connectivity index (χ4v) is 1.34. The number of carbonyl (C=O) groups excluding carboxylic acids is 1. The number of nitriles is 1. The van der Waals surface area contributed by atoms with Gasteiger partial charge < -0.3 is 15.8 Å². The zero-order valence-electron chi connectivity index (χ0n) is 6.76. The van der Waals surface area contributed by atoms with Gasteiger partial charge in [-0.05, 0) is 0 Å². The molecule has 0 bridgehead atoms. The van der Waals surface area contributed by atoms with Gasteiger partial charge in [-0.15, -0.1) is 0 Å². The highest BCUT2D eigenvalue weighted by Crippen LogP contribution is 2.27. The molecule has 0 radical (unpaired) electrons. The van der Waals surface area contributed by atoms with Gasteiger partial charge >= 0.3 is 0 Å². The van der Waals surface area contributed by atoms with Crippen molar-refractivity contribution in [1.29, 1.82) is 5.26 Å². The third kappa shape index (κ3) is 1.04. The van der Waals surface area contributed by atoms with Crippen molar-refractivity contribution < 1.29 is 9.53 Å². The minimum atomic E-state index is -0.255. The molecule has 2 aliphatic heterocycles. The van der Waals surface area contributed by atoms with Crippen molar-refractivity contribution in [2.75, 3.05) is 6.54 Å². The van der Waals surface area contributed by atoms with Crippen molar-refractivity contribution in [1.82, 2.24) is 5.32 Å². The molecule has 0 aromatic rings. The summed E-state index contributed by atoms with van der Waals surface area (Å²) in [6.45, 7) is 0.451. The maximum atomic E-state index is 11.1. The summed E-state index contributed by atoms with van der Waals surface area (Å²) in [4.78, 5) is 11.1. The predicted molar refractivity (Wildman–Crippen MR) is 42.6 cm³/mol. The van der Waals surface area contributed by atoms with Crippen LogP contribution in [0.15, 0.2) is 22.8 Å². The number of hydrogen-bond donors (Lipinski definition) is 2. The molecule has 3 N–H and O–H groups in total. The molecule has 13 heavy (non-hydrogen) atoms. The quantitative estimate of drug-likeness (QED) is 0.521. The van der Waals surface area contributed by atoms with Crippen LogP contribution in [0.3, 0.4) is 0 Å². The summed E-state index contributed by atoms with van der Waals surface area (Å²) in [6.07, 6.45) is 0.413. The van der Waals surface area contributed by atoms with Gasteiger partial charge in [-0.25, -0.2) is 0 Å². The third-order valence-corrected chi connectivity index (χ3v) is 2.02. The van der Waals surface area contributed by atoms with Crippen LogP contribution in [0.1, 0.15) is 6.42 Å². The Labute approximate surface area is 74.5 Å². The maximum Gasteiger partial charge on any atom is 0.287 e. The Bertz CT molecular complexity index is 387. The van der Waals surface area contributed by atoms with E-state index in [2.05, 4.69) is 5.32 Å². The molecule has 2 heterocycles. The molecule has 0 aromatic heterocycles. The molecule has 0 fully saturated rings. The molecule has 66 valence electrons. The normalized spacial score (nSPS) is 20.7. The van der Waals surface area contributed by atoms with Gasteiger partial charge in [0.15, 0.2) is 5.76 Å². The highest BCUT2D eigenvalue weighted by Gasteiger charge is 2.30. The number of carbonyl (C=O) groups is 1. The lowest BCUT2D eigenvalue weighted by Crippen LogP contribution is -2.19. The Balaban J connectivity index is 2.32. The Hall–Kier alpha value is -1.96. The zero-order valence-corrected chi connectivity index (χ0v) is 6.76. The monoisotopic (exact) mass is 177 g/mol. The van der Waals surface area contributed by atoms with Crippen LogP contribution in [0, 0.1) is 11.3 Å². The van der Waals surface area contributed by atoms with E-state index in [1.54, 1.807) is 0 Å². The fraction of sp³-hybridized carbons (Fsp3) is 0.250. The van der Waals surface area contributed by atoms with E-state index >= 15 is 0 Å². The summed E-state index contributed by atoms with van der Waals surface area (Å²) < 4.78 is 5.03. The van der Waals surface area contributed by atoms with E-state index in [1.807, 2.05) is 6.07 Å². The maximum absolute atomic E-state index is 11.1. The highest BCUT2D eigenvalue weighted by atomic mass is 16.5. The zero-order chi connectivity index (χ0) is 9.42. The SMILES string of the molecule is N#CC1=C(N)OC2=C(CNC2=O)C1. The second-order valence-corrected chi connectivity index (χ2v) is 2.85. The number of nitrogens with one attached hydrogen (secondary N) is 1. The number of nitrogens with zero attached hydrogens (tertiary/aromatic N) is 1. The van der Waals surface area contributed by atoms with Gasteiger partial charge in [0.05, 0.1) is 5.57 Å². The Morgan fingerprint density at radius 3 is 3.08 bits per heavy atom. The summed E-state index contributed by atoms with van der Waals surface area (Å²) in [5, 5.41) is 11.2. The summed E-state index contributed by atoms with van der Waals surface area (Å²) in [7, 11) is 0.